The van der Waals surface area contributed by atoms with E-state index in [0.717, 1.165) is 10.5 Å². The number of β-lactam (4-membered cyclic amide) rings is 1. The SMILES string of the molecule is CCOC(=O)CC1CN(C(=O)OCc2ccccc2)C1=O. The summed E-state index contributed by atoms with van der Waals surface area (Å²) in [6.45, 7) is 2.30. The second-order valence-corrected chi connectivity index (χ2v) is 4.70. The van der Waals surface area contributed by atoms with Gasteiger partial charge in [-0.15, -0.1) is 0 Å². The van der Waals surface area contributed by atoms with E-state index in [4.69, 9.17) is 9.47 Å². The van der Waals surface area contributed by atoms with Crippen molar-refractivity contribution in [2.75, 3.05) is 13.2 Å². The summed E-state index contributed by atoms with van der Waals surface area (Å²) in [6.07, 6.45) is -0.668. The lowest BCUT2D eigenvalue weighted by molar-refractivity contribution is -0.154. The zero-order valence-electron chi connectivity index (χ0n) is 11.8. The smallest absolute Gasteiger partial charge is 0.416 e. The van der Waals surface area contributed by atoms with Crippen molar-refractivity contribution in [3.8, 4) is 0 Å². The van der Waals surface area contributed by atoms with Crippen LogP contribution < -0.4 is 0 Å². The predicted molar refractivity (Wildman–Crippen MR) is 73.1 cm³/mol. The molecular weight excluding hydrogens is 274 g/mol. The maximum absolute atomic E-state index is 11.8. The van der Waals surface area contributed by atoms with Gasteiger partial charge in [0.05, 0.1) is 18.9 Å². The Bertz CT molecular complexity index is 528. The fourth-order valence-electron chi connectivity index (χ4n) is 2.03. The fourth-order valence-corrected chi connectivity index (χ4v) is 2.03. The molecule has 6 nitrogen and oxygen atoms in total. The highest BCUT2D eigenvalue weighted by Gasteiger charge is 2.42. The van der Waals surface area contributed by atoms with E-state index in [9.17, 15) is 14.4 Å². The molecule has 1 aliphatic rings. The number of esters is 1. The summed E-state index contributed by atoms with van der Waals surface area (Å²) in [7, 11) is 0. The second-order valence-electron chi connectivity index (χ2n) is 4.70. The van der Waals surface area contributed by atoms with E-state index in [1.165, 1.54) is 0 Å². The first-order valence-electron chi connectivity index (χ1n) is 6.79. The van der Waals surface area contributed by atoms with E-state index in [-0.39, 0.29) is 32.1 Å². The van der Waals surface area contributed by atoms with Crippen LogP contribution in [0.2, 0.25) is 0 Å². The number of imide groups is 1. The van der Waals surface area contributed by atoms with Crippen LogP contribution in [-0.4, -0.2) is 36.0 Å². The van der Waals surface area contributed by atoms with Gasteiger partial charge in [0, 0.05) is 6.54 Å². The van der Waals surface area contributed by atoms with Crippen molar-refractivity contribution in [3.05, 3.63) is 35.9 Å². The number of hydrogen-bond donors (Lipinski definition) is 0. The van der Waals surface area contributed by atoms with Crippen LogP contribution in [0, 0.1) is 5.92 Å². The number of benzene rings is 1. The summed E-state index contributed by atoms with van der Waals surface area (Å²) in [6, 6.07) is 9.20. The molecule has 1 heterocycles. The lowest BCUT2D eigenvalue weighted by Gasteiger charge is -2.35. The van der Waals surface area contributed by atoms with Gasteiger partial charge in [0.25, 0.3) is 0 Å². The maximum atomic E-state index is 11.8. The van der Waals surface area contributed by atoms with Crippen LogP contribution in [0.1, 0.15) is 18.9 Å². The van der Waals surface area contributed by atoms with Crippen LogP contribution in [0.3, 0.4) is 0 Å². The summed E-state index contributed by atoms with van der Waals surface area (Å²) < 4.78 is 9.82. The minimum atomic E-state index is -0.677. The third-order valence-corrected chi connectivity index (χ3v) is 3.16. The number of carbonyl (C=O) groups is 3. The van der Waals surface area contributed by atoms with Crippen LogP contribution >= 0.6 is 0 Å². The zero-order valence-corrected chi connectivity index (χ0v) is 11.8. The normalized spacial score (nSPS) is 17.1. The van der Waals surface area contributed by atoms with Gasteiger partial charge < -0.3 is 9.47 Å². The highest BCUT2D eigenvalue weighted by Crippen LogP contribution is 2.22. The quantitative estimate of drug-likeness (QED) is 0.610. The summed E-state index contributed by atoms with van der Waals surface area (Å²) in [5.74, 6) is -1.29. The number of likely N-dealkylation sites (tertiary alicyclic amines) is 1. The Labute approximate surface area is 122 Å². The predicted octanol–water partition coefficient (Wildman–Crippen LogP) is 1.73. The van der Waals surface area contributed by atoms with E-state index < -0.39 is 18.0 Å². The number of rotatable bonds is 5. The molecule has 1 saturated heterocycles. The molecule has 1 fully saturated rings. The summed E-state index contributed by atoms with van der Waals surface area (Å²) in [5.41, 5.74) is 0.849. The van der Waals surface area contributed by atoms with E-state index >= 15 is 0 Å². The lowest BCUT2D eigenvalue weighted by Crippen LogP contribution is -2.55. The molecule has 2 amide bonds. The van der Waals surface area contributed by atoms with Crippen LogP contribution in [-0.2, 0) is 25.7 Å². The fraction of sp³-hybridized carbons (Fsp3) is 0.400. The van der Waals surface area contributed by atoms with Gasteiger partial charge in [0.2, 0.25) is 5.91 Å². The third kappa shape index (κ3) is 3.81. The molecule has 21 heavy (non-hydrogen) atoms. The topological polar surface area (TPSA) is 72.9 Å². The highest BCUT2D eigenvalue weighted by atomic mass is 16.6. The molecule has 2 rings (SSSR count). The minimum Gasteiger partial charge on any atom is -0.466 e. The summed E-state index contributed by atoms with van der Waals surface area (Å²) >= 11 is 0. The Morgan fingerprint density at radius 3 is 2.57 bits per heavy atom. The van der Waals surface area contributed by atoms with Gasteiger partial charge in [0.15, 0.2) is 0 Å². The van der Waals surface area contributed by atoms with E-state index in [1.54, 1.807) is 6.92 Å². The van der Waals surface area contributed by atoms with Crippen molar-refractivity contribution >= 4 is 18.0 Å². The van der Waals surface area contributed by atoms with Gasteiger partial charge in [-0.3, -0.25) is 9.59 Å². The zero-order chi connectivity index (χ0) is 15.2. The van der Waals surface area contributed by atoms with Crippen molar-refractivity contribution in [2.45, 2.75) is 20.0 Å². The number of hydrogen-bond acceptors (Lipinski definition) is 5. The maximum Gasteiger partial charge on any atom is 0.416 e. The molecule has 1 aliphatic heterocycles. The molecule has 6 heteroatoms. The van der Waals surface area contributed by atoms with Crippen molar-refractivity contribution in [3.63, 3.8) is 0 Å². The van der Waals surface area contributed by atoms with Crippen LogP contribution in [0.15, 0.2) is 30.3 Å². The monoisotopic (exact) mass is 291 g/mol. The Morgan fingerprint density at radius 1 is 1.24 bits per heavy atom. The Kier molecular flexibility index (Phi) is 4.92. The molecule has 1 unspecified atom stereocenters. The van der Waals surface area contributed by atoms with Crippen molar-refractivity contribution in [1.29, 1.82) is 0 Å². The van der Waals surface area contributed by atoms with E-state index in [0.29, 0.717) is 0 Å². The minimum absolute atomic E-state index is 0.00907. The standard InChI is InChI=1S/C15H17NO5/c1-2-20-13(17)8-12-9-16(14(12)18)15(19)21-10-11-6-4-3-5-7-11/h3-7,12H,2,8-10H2,1H3. The first-order valence-corrected chi connectivity index (χ1v) is 6.79. The Hall–Kier alpha value is -2.37. The Balaban J connectivity index is 1.75. The highest BCUT2D eigenvalue weighted by molar-refractivity contribution is 5.99. The molecule has 112 valence electrons. The molecular formula is C15H17NO5. The van der Waals surface area contributed by atoms with E-state index in [2.05, 4.69) is 0 Å². The van der Waals surface area contributed by atoms with Crippen LogP contribution in [0.25, 0.3) is 0 Å². The van der Waals surface area contributed by atoms with Crippen LogP contribution in [0.5, 0.6) is 0 Å². The van der Waals surface area contributed by atoms with E-state index in [1.807, 2.05) is 30.3 Å². The van der Waals surface area contributed by atoms with Crippen molar-refractivity contribution in [2.24, 2.45) is 5.92 Å². The number of amides is 2. The first-order chi connectivity index (χ1) is 10.1. The van der Waals surface area contributed by atoms with Crippen molar-refractivity contribution in [1.82, 2.24) is 4.90 Å². The number of carbonyl (C=O) groups excluding carboxylic acids is 3. The molecule has 1 atom stereocenters. The molecule has 0 aromatic heterocycles. The number of nitrogens with zero attached hydrogens (tertiary/aromatic N) is 1. The van der Waals surface area contributed by atoms with Gasteiger partial charge in [-0.1, -0.05) is 30.3 Å². The first kappa shape index (κ1) is 15.0. The molecule has 0 saturated carbocycles. The largest absolute Gasteiger partial charge is 0.466 e. The molecule has 1 aromatic rings. The average molecular weight is 291 g/mol. The average Bonchev–Trinajstić information content (AvgIpc) is 2.49. The molecule has 1 aromatic carbocycles. The summed E-state index contributed by atoms with van der Waals surface area (Å²) in [4.78, 5) is 35.8. The molecule has 0 spiro atoms. The van der Waals surface area contributed by atoms with Gasteiger partial charge in [-0.25, -0.2) is 9.69 Å². The lowest BCUT2D eigenvalue weighted by atomic mass is 9.96. The van der Waals surface area contributed by atoms with Crippen LogP contribution in [0.4, 0.5) is 4.79 Å². The third-order valence-electron chi connectivity index (χ3n) is 3.16. The Morgan fingerprint density at radius 2 is 1.95 bits per heavy atom. The van der Waals surface area contributed by atoms with Gasteiger partial charge in [0.1, 0.15) is 6.61 Å². The molecule has 0 radical (unpaired) electrons. The molecule has 0 aliphatic carbocycles. The summed E-state index contributed by atoms with van der Waals surface area (Å²) in [5, 5.41) is 0. The van der Waals surface area contributed by atoms with Gasteiger partial charge in [-0.05, 0) is 12.5 Å². The number of ether oxygens (including phenoxy) is 2. The molecule has 0 N–H and O–H groups in total. The van der Waals surface area contributed by atoms with Crippen molar-refractivity contribution < 1.29 is 23.9 Å². The second kappa shape index (κ2) is 6.88. The van der Waals surface area contributed by atoms with Gasteiger partial charge >= 0.3 is 12.1 Å². The molecule has 0 bridgehead atoms. The van der Waals surface area contributed by atoms with Gasteiger partial charge in [-0.2, -0.15) is 0 Å².